The van der Waals surface area contributed by atoms with Crippen molar-refractivity contribution in [3.05, 3.63) is 65.5 Å². The monoisotopic (exact) mass is 432 g/mol. The van der Waals surface area contributed by atoms with Gasteiger partial charge in [-0.1, -0.05) is 35.9 Å². The van der Waals surface area contributed by atoms with Gasteiger partial charge in [0.2, 0.25) is 0 Å². The van der Waals surface area contributed by atoms with Crippen LogP contribution in [-0.4, -0.2) is 72.0 Å². The SMILES string of the molecule is Cc1ccc(C2=C(N3CCN(c4ccccn4)CC3)C(=O)N(CC3CCCO3)C2=O)cc1. The van der Waals surface area contributed by atoms with Gasteiger partial charge in [-0.3, -0.25) is 14.5 Å². The van der Waals surface area contributed by atoms with Crippen molar-refractivity contribution in [2.75, 3.05) is 44.2 Å². The van der Waals surface area contributed by atoms with Gasteiger partial charge in [0.15, 0.2) is 0 Å². The van der Waals surface area contributed by atoms with E-state index in [0.717, 1.165) is 42.9 Å². The van der Waals surface area contributed by atoms with E-state index in [1.54, 1.807) is 6.20 Å². The zero-order valence-corrected chi connectivity index (χ0v) is 18.4. The van der Waals surface area contributed by atoms with E-state index in [1.165, 1.54) is 4.90 Å². The van der Waals surface area contributed by atoms with Crippen molar-refractivity contribution in [1.82, 2.24) is 14.8 Å². The molecule has 3 aliphatic heterocycles. The zero-order valence-electron chi connectivity index (χ0n) is 18.4. The number of aryl methyl sites for hydroxylation is 1. The van der Waals surface area contributed by atoms with Crippen molar-refractivity contribution in [2.45, 2.75) is 25.9 Å². The standard InChI is InChI=1S/C25H28N4O3/c1-18-7-9-19(10-8-18)22-23(25(31)29(24(22)30)17-20-5-4-16-32-20)28-14-12-27(13-15-28)21-6-2-3-11-26-21/h2-3,6-11,20H,4-5,12-17H2,1H3. The van der Waals surface area contributed by atoms with Crippen LogP contribution < -0.4 is 4.90 Å². The second kappa shape index (κ2) is 8.74. The molecule has 0 saturated carbocycles. The van der Waals surface area contributed by atoms with Gasteiger partial charge in [0.05, 0.1) is 18.2 Å². The highest BCUT2D eigenvalue weighted by molar-refractivity contribution is 6.35. The number of anilines is 1. The fraction of sp³-hybridized carbons (Fsp3) is 0.400. The van der Waals surface area contributed by atoms with E-state index in [4.69, 9.17) is 4.74 Å². The van der Waals surface area contributed by atoms with Crippen LogP contribution in [0.4, 0.5) is 5.82 Å². The van der Waals surface area contributed by atoms with Crippen LogP contribution >= 0.6 is 0 Å². The molecule has 1 aromatic carbocycles. The minimum Gasteiger partial charge on any atom is -0.376 e. The third-order valence-electron chi connectivity index (χ3n) is 6.46. The maximum absolute atomic E-state index is 13.5. The Kier molecular flexibility index (Phi) is 5.66. The Balaban J connectivity index is 1.43. The number of aromatic nitrogens is 1. The van der Waals surface area contributed by atoms with Crippen LogP contribution in [0.2, 0.25) is 0 Å². The number of imide groups is 1. The number of carbonyl (C=O) groups is 2. The van der Waals surface area contributed by atoms with Crippen LogP contribution in [-0.2, 0) is 14.3 Å². The predicted molar refractivity (Wildman–Crippen MR) is 122 cm³/mol. The van der Waals surface area contributed by atoms with E-state index >= 15 is 0 Å². The molecule has 2 saturated heterocycles. The molecule has 0 radical (unpaired) electrons. The summed E-state index contributed by atoms with van der Waals surface area (Å²) >= 11 is 0. The normalized spacial score (nSPS) is 21.8. The molecule has 2 aromatic rings. The average Bonchev–Trinajstić information content (AvgIpc) is 3.43. The number of hydrogen-bond donors (Lipinski definition) is 0. The first-order chi connectivity index (χ1) is 15.6. The molecule has 0 N–H and O–H groups in total. The third kappa shape index (κ3) is 3.88. The molecule has 2 amide bonds. The summed E-state index contributed by atoms with van der Waals surface area (Å²) in [6, 6.07) is 13.7. The van der Waals surface area contributed by atoms with E-state index in [1.807, 2.05) is 49.4 Å². The molecule has 0 bridgehead atoms. The van der Waals surface area contributed by atoms with Crippen LogP contribution in [0, 0.1) is 6.92 Å². The summed E-state index contributed by atoms with van der Waals surface area (Å²) in [5.74, 6) is 0.526. The van der Waals surface area contributed by atoms with E-state index in [-0.39, 0.29) is 17.9 Å². The maximum Gasteiger partial charge on any atom is 0.277 e. The number of ether oxygens (including phenoxy) is 1. The van der Waals surface area contributed by atoms with E-state index < -0.39 is 0 Å². The van der Waals surface area contributed by atoms with Crippen molar-refractivity contribution < 1.29 is 14.3 Å². The highest BCUT2D eigenvalue weighted by Gasteiger charge is 2.43. The number of rotatable bonds is 5. The molecule has 0 spiro atoms. The highest BCUT2D eigenvalue weighted by Crippen LogP contribution is 2.33. The van der Waals surface area contributed by atoms with E-state index in [2.05, 4.69) is 14.8 Å². The Morgan fingerprint density at radius 3 is 2.38 bits per heavy atom. The number of pyridine rings is 1. The highest BCUT2D eigenvalue weighted by atomic mass is 16.5. The van der Waals surface area contributed by atoms with Crippen molar-refractivity contribution in [2.24, 2.45) is 0 Å². The van der Waals surface area contributed by atoms with Crippen LogP contribution in [0.25, 0.3) is 5.57 Å². The summed E-state index contributed by atoms with van der Waals surface area (Å²) in [6.07, 6.45) is 3.58. The lowest BCUT2D eigenvalue weighted by atomic mass is 10.0. The molecule has 7 heteroatoms. The number of amides is 2. The first-order valence-electron chi connectivity index (χ1n) is 11.3. The molecule has 3 aliphatic rings. The second-order valence-corrected chi connectivity index (χ2v) is 8.61. The Morgan fingerprint density at radius 2 is 1.72 bits per heavy atom. The fourth-order valence-corrected chi connectivity index (χ4v) is 4.69. The van der Waals surface area contributed by atoms with Crippen LogP contribution in [0.1, 0.15) is 24.0 Å². The summed E-state index contributed by atoms with van der Waals surface area (Å²) in [5, 5.41) is 0. The molecule has 4 heterocycles. The number of nitrogens with zero attached hydrogens (tertiary/aromatic N) is 4. The molecule has 5 rings (SSSR count). The lowest BCUT2D eigenvalue weighted by molar-refractivity contribution is -0.139. The molecular weight excluding hydrogens is 404 g/mol. The van der Waals surface area contributed by atoms with Crippen LogP contribution in [0.5, 0.6) is 0 Å². The number of piperazine rings is 1. The summed E-state index contributed by atoms with van der Waals surface area (Å²) in [7, 11) is 0. The predicted octanol–water partition coefficient (Wildman–Crippen LogP) is 2.47. The minimum atomic E-state index is -0.212. The Labute approximate surface area is 188 Å². The molecule has 1 atom stereocenters. The summed E-state index contributed by atoms with van der Waals surface area (Å²) in [4.78, 5) is 37.1. The van der Waals surface area contributed by atoms with Gasteiger partial charge in [0, 0.05) is 39.0 Å². The fourth-order valence-electron chi connectivity index (χ4n) is 4.69. The van der Waals surface area contributed by atoms with Crippen molar-refractivity contribution in [3.63, 3.8) is 0 Å². The Bertz CT molecular complexity index is 1020. The van der Waals surface area contributed by atoms with Crippen molar-refractivity contribution in [1.29, 1.82) is 0 Å². The van der Waals surface area contributed by atoms with Gasteiger partial charge in [-0.25, -0.2) is 4.98 Å². The molecule has 0 aliphatic carbocycles. The molecule has 7 nitrogen and oxygen atoms in total. The first kappa shape index (κ1) is 20.7. The van der Waals surface area contributed by atoms with Gasteiger partial charge in [0.1, 0.15) is 11.5 Å². The van der Waals surface area contributed by atoms with Crippen molar-refractivity contribution >= 4 is 23.2 Å². The molecule has 32 heavy (non-hydrogen) atoms. The van der Waals surface area contributed by atoms with E-state index in [9.17, 15) is 9.59 Å². The average molecular weight is 433 g/mol. The summed E-state index contributed by atoms with van der Waals surface area (Å²) in [5.41, 5.74) is 2.95. The van der Waals surface area contributed by atoms with Gasteiger partial charge < -0.3 is 14.5 Å². The smallest absolute Gasteiger partial charge is 0.277 e. The minimum absolute atomic E-state index is 0.0671. The molecule has 1 unspecified atom stereocenters. The summed E-state index contributed by atoms with van der Waals surface area (Å²) < 4.78 is 5.72. The number of benzene rings is 1. The summed E-state index contributed by atoms with van der Waals surface area (Å²) in [6.45, 7) is 5.85. The van der Waals surface area contributed by atoms with Crippen LogP contribution in [0.3, 0.4) is 0 Å². The number of carbonyl (C=O) groups excluding carboxylic acids is 2. The van der Waals surface area contributed by atoms with E-state index in [0.29, 0.717) is 37.5 Å². The van der Waals surface area contributed by atoms with Gasteiger partial charge in [-0.2, -0.15) is 0 Å². The lowest BCUT2D eigenvalue weighted by Crippen LogP contribution is -2.48. The largest absolute Gasteiger partial charge is 0.376 e. The molecular formula is C25H28N4O3. The third-order valence-corrected chi connectivity index (χ3v) is 6.46. The molecule has 1 aromatic heterocycles. The maximum atomic E-state index is 13.5. The molecule has 2 fully saturated rings. The zero-order chi connectivity index (χ0) is 22.1. The molecule has 166 valence electrons. The van der Waals surface area contributed by atoms with Crippen molar-refractivity contribution in [3.8, 4) is 0 Å². The Hall–Kier alpha value is -3.19. The second-order valence-electron chi connectivity index (χ2n) is 8.61. The van der Waals surface area contributed by atoms with Gasteiger partial charge in [0.25, 0.3) is 11.8 Å². The quantitative estimate of drug-likeness (QED) is 0.677. The van der Waals surface area contributed by atoms with Crippen LogP contribution in [0.15, 0.2) is 54.4 Å². The lowest BCUT2D eigenvalue weighted by Gasteiger charge is -2.37. The first-order valence-corrected chi connectivity index (χ1v) is 11.3. The van der Waals surface area contributed by atoms with Gasteiger partial charge in [-0.15, -0.1) is 0 Å². The number of hydrogen-bond acceptors (Lipinski definition) is 6. The van der Waals surface area contributed by atoms with Gasteiger partial charge >= 0.3 is 0 Å². The van der Waals surface area contributed by atoms with Gasteiger partial charge in [-0.05, 0) is 37.5 Å². The topological polar surface area (TPSA) is 66.0 Å². The Morgan fingerprint density at radius 1 is 0.969 bits per heavy atom.